The van der Waals surface area contributed by atoms with Gasteiger partial charge in [-0.25, -0.2) is 0 Å². The molecule has 114 valence electrons. The van der Waals surface area contributed by atoms with Crippen LogP contribution in [0.4, 0.5) is 0 Å². The molecule has 0 saturated carbocycles. The second-order valence-corrected chi connectivity index (χ2v) is 4.96. The number of methoxy groups -OCH3 is 1. The van der Waals surface area contributed by atoms with E-state index < -0.39 is 23.3 Å². The van der Waals surface area contributed by atoms with Crippen molar-refractivity contribution in [3.05, 3.63) is 35.4 Å². The number of nitrogens with one attached hydrogen (secondary N) is 1. The third kappa shape index (κ3) is 4.88. The molecule has 0 aromatic heterocycles. The lowest BCUT2D eigenvalue weighted by molar-refractivity contribution is -0.139. The van der Waals surface area contributed by atoms with Crippen molar-refractivity contribution >= 4 is 17.8 Å². The maximum Gasteiger partial charge on any atom is 0.305 e. The maximum atomic E-state index is 12.2. The number of carboxylic acids is 1. The van der Waals surface area contributed by atoms with Crippen LogP contribution in [0.15, 0.2) is 24.3 Å². The van der Waals surface area contributed by atoms with E-state index in [-0.39, 0.29) is 24.2 Å². The normalized spacial score (nSPS) is 13.2. The molecule has 1 rings (SSSR count). The first-order valence-corrected chi connectivity index (χ1v) is 6.20. The highest BCUT2D eigenvalue weighted by Gasteiger charge is 2.30. The number of ether oxygens (including phenoxy) is 1. The number of nitrogens with two attached hydrogens (primary N) is 1. The first-order chi connectivity index (χ1) is 9.77. The molecule has 4 N–H and O–H groups in total. The average Bonchev–Trinajstić information content (AvgIpc) is 2.37. The van der Waals surface area contributed by atoms with Crippen molar-refractivity contribution in [3.8, 4) is 0 Å². The number of carbonyl (C=O) groups excluding carboxylic acids is 2. The Labute approximate surface area is 122 Å². The van der Waals surface area contributed by atoms with Gasteiger partial charge >= 0.3 is 5.97 Å². The predicted octanol–water partition coefficient (Wildman–Crippen LogP) is 0.395. The molecule has 0 heterocycles. The summed E-state index contributed by atoms with van der Waals surface area (Å²) in [5.74, 6) is -2.20. The van der Waals surface area contributed by atoms with Gasteiger partial charge in [0.05, 0.1) is 18.6 Å². The summed E-state index contributed by atoms with van der Waals surface area (Å²) in [6.45, 7) is 1.61. The minimum absolute atomic E-state index is 0.0422. The van der Waals surface area contributed by atoms with Crippen LogP contribution in [-0.4, -0.2) is 42.1 Å². The maximum absolute atomic E-state index is 12.2. The van der Waals surface area contributed by atoms with Gasteiger partial charge in [0.15, 0.2) is 0 Å². The fourth-order valence-corrected chi connectivity index (χ4v) is 1.94. The Hall–Kier alpha value is -2.41. The molecular weight excluding hydrogens is 276 g/mol. The molecule has 1 aromatic carbocycles. The number of hydrogen-bond acceptors (Lipinski definition) is 4. The Morgan fingerprint density at radius 3 is 2.48 bits per heavy atom. The first kappa shape index (κ1) is 16.6. The van der Waals surface area contributed by atoms with Crippen LogP contribution in [0.5, 0.6) is 0 Å². The van der Waals surface area contributed by atoms with E-state index in [1.807, 2.05) is 0 Å². The zero-order valence-electron chi connectivity index (χ0n) is 11.9. The number of carbonyl (C=O) groups is 3. The summed E-state index contributed by atoms with van der Waals surface area (Å²) in [6, 6.07) is 5.88. The van der Waals surface area contributed by atoms with Gasteiger partial charge in [-0.2, -0.15) is 0 Å². The average molecular weight is 294 g/mol. The van der Waals surface area contributed by atoms with Gasteiger partial charge in [0.25, 0.3) is 5.91 Å². The number of amides is 2. The van der Waals surface area contributed by atoms with E-state index in [1.54, 1.807) is 6.92 Å². The fourth-order valence-electron chi connectivity index (χ4n) is 1.94. The monoisotopic (exact) mass is 294 g/mol. The predicted molar refractivity (Wildman–Crippen MR) is 75.0 cm³/mol. The molecule has 0 saturated heterocycles. The topological polar surface area (TPSA) is 119 Å². The van der Waals surface area contributed by atoms with Crippen LogP contribution < -0.4 is 11.1 Å². The molecule has 1 aromatic rings. The van der Waals surface area contributed by atoms with E-state index >= 15 is 0 Å². The molecule has 0 aliphatic rings. The van der Waals surface area contributed by atoms with E-state index in [1.165, 1.54) is 31.4 Å². The zero-order chi connectivity index (χ0) is 16.0. The van der Waals surface area contributed by atoms with Gasteiger partial charge in [-0.05, 0) is 25.1 Å². The van der Waals surface area contributed by atoms with Crippen molar-refractivity contribution in [3.63, 3.8) is 0 Å². The molecule has 1 unspecified atom stereocenters. The lowest BCUT2D eigenvalue weighted by Gasteiger charge is -2.28. The third-order valence-corrected chi connectivity index (χ3v) is 2.83. The van der Waals surface area contributed by atoms with E-state index in [4.69, 9.17) is 15.6 Å². The summed E-state index contributed by atoms with van der Waals surface area (Å²) in [5.41, 5.74) is 4.52. The molecule has 7 heteroatoms. The molecule has 21 heavy (non-hydrogen) atoms. The van der Waals surface area contributed by atoms with E-state index in [2.05, 4.69) is 5.32 Å². The minimum Gasteiger partial charge on any atom is -0.481 e. The second-order valence-electron chi connectivity index (χ2n) is 4.96. The van der Waals surface area contributed by atoms with Gasteiger partial charge in [-0.1, -0.05) is 6.07 Å². The fraction of sp³-hybridized carbons (Fsp3) is 0.357. The molecule has 0 fully saturated rings. The van der Waals surface area contributed by atoms with Gasteiger partial charge in [0.1, 0.15) is 0 Å². The van der Waals surface area contributed by atoms with Crippen LogP contribution in [0, 0.1) is 0 Å². The van der Waals surface area contributed by atoms with E-state index in [0.717, 1.165) is 0 Å². The van der Waals surface area contributed by atoms with Gasteiger partial charge in [-0.3, -0.25) is 14.4 Å². The van der Waals surface area contributed by atoms with Crippen molar-refractivity contribution < 1.29 is 24.2 Å². The molecule has 0 aliphatic heterocycles. The summed E-state index contributed by atoms with van der Waals surface area (Å²) in [5, 5.41) is 11.5. The molecule has 0 radical (unpaired) electrons. The Morgan fingerprint density at radius 2 is 1.95 bits per heavy atom. The number of benzene rings is 1. The second kappa shape index (κ2) is 6.85. The standard InChI is InChI=1S/C14H18N2O5/c1-14(8-21-2,7-11(17)18)16-13(20)10-5-3-4-9(6-10)12(15)19/h3-6H,7-8H2,1-2H3,(H2,15,19)(H,16,20)(H,17,18). The molecule has 2 amide bonds. The van der Waals surface area contributed by atoms with Crippen LogP contribution in [0.3, 0.4) is 0 Å². The lowest BCUT2D eigenvalue weighted by Crippen LogP contribution is -2.50. The summed E-state index contributed by atoms with van der Waals surface area (Å²) in [6.07, 6.45) is -0.290. The summed E-state index contributed by atoms with van der Waals surface area (Å²) in [7, 11) is 1.42. The first-order valence-electron chi connectivity index (χ1n) is 6.20. The van der Waals surface area contributed by atoms with Crippen LogP contribution in [-0.2, 0) is 9.53 Å². The highest BCUT2D eigenvalue weighted by Crippen LogP contribution is 2.13. The molecule has 7 nitrogen and oxygen atoms in total. The Kier molecular flexibility index (Phi) is 5.43. The summed E-state index contributed by atoms with van der Waals surface area (Å²) >= 11 is 0. The van der Waals surface area contributed by atoms with Crippen LogP contribution >= 0.6 is 0 Å². The largest absolute Gasteiger partial charge is 0.481 e. The van der Waals surface area contributed by atoms with E-state index in [0.29, 0.717) is 0 Å². The Morgan fingerprint density at radius 1 is 1.33 bits per heavy atom. The molecule has 1 atom stereocenters. The number of primary amides is 1. The van der Waals surface area contributed by atoms with Crippen LogP contribution in [0.1, 0.15) is 34.1 Å². The minimum atomic E-state index is -1.06. The van der Waals surface area contributed by atoms with Gasteiger partial charge in [-0.15, -0.1) is 0 Å². The Bertz CT molecular complexity index is 558. The quantitative estimate of drug-likeness (QED) is 0.672. The number of rotatable bonds is 7. The van der Waals surface area contributed by atoms with Crippen molar-refractivity contribution in [2.45, 2.75) is 18.9 Å². The molecule has 0 bridgehead atoms. The lowest BCUT2D eigenvalue weighted by atomic mass is 9.98. The van der Waals surface area contributed by atoms with Gasteiger partial charge < -0.3 is 20.9 Å². The third-order valence-electron chi connectivity index (χ3n) is 2.83. The number of carboxylic acid groups (broad SMARTS) is 1. The van der Waals surface area contributed by atoms with Crippen molar-refractivity contribution in [1.82, 2.24) is 5.32 Å². The highest BCUT2D eigenvalue weighted by atomic mass is 16.5. The van der Waals surface area contributed by atoms with Crippen LogP contribution in [0.2, 0.25) is 0 Å². The smallest absolute Gasteiger partial charge is 0.305 e. The van der Waals surface area contributed by atoms with Crippen molar-refractivity contribution in [2.24, 2.45) is 5.73 Å². The Balaban J connectivity index is 2.94. The summed E-state index contributed by atoms with van der Waals surface area (Å²) < 4.78 is 4.95. The zero-order valence-corrected chi connectivity index (χ0v) is 11.9. The highest BCUT2D eigenvalue weighted by molar-refractivity contribution is 5.99. The van der Waals surface area contributed by atoms with Crippen molar-refractivity contribution in [1.29, 1.82) is 0 Å². The van der Waals surface area contributed by atoms with Gasteiger partial charge in [0, 0.05) is 18.2 Å². The van der Waals surface area contributed by atoms with Crippen LogP contribution in [0.25, 0.3) is 0 Å². The molecule has 0 spiro atoms. The SMILES string of the molecule is COCC(C)(CC(=O)O)NC(=O)c1cccc(C(N)=O)c1. The number of hydrogen-bond donors (Lipinski definition) is 3. The van der Waals surface area contributed by atoms with Gasteiger partial charge in [0.2, 0.25) is 5.91 Å². The molecule has 0 aliphatic carbocycles. The van der Waals surface area contributed by atoms with Crippen molar-refractivity contribution in [2.75, 3.05) is 13.7 Å². The summed E-state index contributed by atoms with van der Waals surface area (Å²) in [4.78, 5) is 34.2. The van der Waals surface area contributed by atoms with E-state index in [9.17, 15) is 14.4 Å². The number of aliphatic carboxylic acids is 1. The molecular formula is C14H18N2O5.